The molecule has 1 heterocycles. The van der Waals surface area contributed by atoms with E-state index in [4.69, 9.17) is 10.8 Å². The van der Waals surface area contributed by atoms with Crippen molar-refractivity contribution in [3.05, 3.63) is 0 Å². The van der Waals surface area contributed by atoms with E-state index in [0.717, 1.165) is 32.1 Å². The summed E-state index contributed by atoms with van der Waals surface area (Å²) < 4.78 is 0. The van der Waals surface area contributed by atoms with Crippen molar-refractivity contribution in [3.8, 4) is 0 Å². The lowest BCUT2D eigenvalue weighted by atomic mass is 9.66. The molecule has 1 unspecified atom stereocenters. The van der Waals surface area contributed by atoms with Crippen molar-refractivity contribution in [2.45, 2.75) is 38.5 Å². The minimum Gasteiger partial charge on any atom is -0.481 e. The van der Waals surface area contributed by atoms with Crippen molar-refractivity contribution in [3.63, 3.8) is 0 Å². The number of nitrogens with one attached hydrogen (secondary N) is 1. The van der Waals surface area contributed by atoms with Gasteiger partial charge in [0.05, 0.1) is 12.3 Å². The maximum Gasteiger partial charge on any atom is 0.314 e. The number of amides is 3. The van der Waals surface area contributed by atoms with E-state index in [1.54, 1.807) is 0 Å². The molecule has 1 atom stereocenters. The molecular weight excluding hydrogens is 274 g/mol. The van der Waals surface area contributed by atoms with Crippen molar-refractivity contribution in [1.29, 1.82) is 0 Å². The highest BCUT2D eigenvalue weighted by Crippen LogP contribution is 2.43. The predicted molar refractivity (Wildman–Crippen MR) is 75.4 cm³/mol. The molecule has 4 N–H and O–H groups in total. The van der Waals surface area contributed by atoms with E-state index in [2.05, 4.69) is 5.32 Å². The molecule has 7 heteroatoms. The van der Waals surface area contributed by atoms with Crippen molar-refractivity contribution in [1.82, 2.24) is 10.2 Å². The number of carbonyl (C=O) groups is 3. The Morgan fingerprint density at radius 1 is 1.29 bits per heavy atom. The number of hydrogen-bond acceptors (Lipinski definition) is 3. The molecule has 0 aromatic heterocycles. The van der Waals surface area contributed by atoms with Gasteiger partial charge in [-0.2, -0.15) is 0 Å². The second kappa shape index (κ2) is 6.32. The van der Waals surface area contributed by atoms with E-state index >= 15 is 0 Å². The van der Waals surface area contributed by atoms with Gasteiger partial charge in [-0.05, 0) is 31.1 Å². The SMILES string of the molecule is NC(=O)N1CCCC(C(=O)NCC2(CC(=O)O)CCC2)C1. The van der Waals surface area contributed by atoms with Gasteiger partial charge in [0.15, 0.2) is 0 Å². The van der Waals surface area contributed by atoms with Crippen LogP contribution in [0.5, 0.6) is 0 Å². The molecule has 3 amide bonds. The molecule has 1 aliphatic heterocycles. The lowest BCUT2D eigenvalue weighted by Gasteiger charge is -2.41. The third kappa shape index (κ3) is 3.86. The molecule has 118 valence electrons. The molecule has 1 saturated carbocycles. The Morgan fingerprint density at radius 2 is 2.00 bits per heavy atom. The van der Waals surface area contributed by atoms with Crippen LogP contribution in [-0.2, 0) is 9.59 Å². The van der Waals surface area contributed by atoms with Gasteiger partial charge in [-0.25, -0.2) is 4.79 Å². The average molecular weight is 297 g/mol. The largest absolute Gasteiger partial charge is 0.481 e. The lowest BCUT2D eigenvalue weighted by Crippen LogP contribution is -2.50. The number of carbonyl (C=O) groups excluding carboxylic acids is 2. The molecule has 1 saturated heterocycles. The second-order valence-corrected chi connectivity index (χ2v) is 6.27. The van der Waals surface area contributed by atoms with Crippen LogP contribution >= 0.6 is 0 Å². The minimum absolute atomic E-state index is 0.0994. The normalized spacial score (nSPS) is 24.0. The first-order chi connectivity index (χ1) is 9.92. The number of urea groups is 1. The zero-order valence-corrected chi connectivity index (χ0v) is 12.1. The van der Waals surface area contributed by atoms with Gasteiger partial charge in [-0.3, -0.25) is 9.59 Å². The molecule has 2 aliphatic rings. The van der Waals surface area contributed by atoms with Gasteiger partial charge in [-0.1, -0.05) is 6.42 Å². The second-order valence-electron chi connectivity index (χ2n) is 6.27. The molecule has 0 radical (unpaired) electrons. The van der Waals surface area contributed by atoms with Crippen molar-refractivity contribution < 1.29 is 19.5 Å². The highest BCUT2D eigenvalue weighted by Gasteiger charge is 2.39. The van der Waals surface area contributed by atoms with Crippen LogP contribution in [0.1, 0.15) is 38.5 Å². The Balaban J connectivity index is 1.83. The third-order valence-electron chi connectivity index (χ3n) is 4.68. The Kier molecular flexibility index (Phi) is 4.69. The summed E-state index contributed by atoms with van der Waals surface area (Å²) in [5, 5.41) is 11.8. The maximum absolute atomic E-state index is 12.2. The van der Waals surface area contributed by atoms with Crippen LogP contribution in [0.15, 0.2) is 0 Å². The monoisotopic (exact) mass is 297 g/mol. The van der Waals surface area contributed by atoms with Crippen LogP contribution in [0.25, 0.3) is 0 Å². The van der Waals surface area contributed by atoms with E-state index < -0.39 is 12.0 Å². The summed E-state index contributed by atoms with van der Waals surface area (Å²) in [7, 11) is 0. The van der Waals surface area contributed by atoms with Gasteiger partial charge in [0, 0.05) is 19.6 Å². The Hall–Kier alpha value is -1.79. The smallest absolute Gasteiger partial charge is 0.314 e. The summed E-state index contributed by atoms with van der Waals surface area (Å²) in [5.41, 5.74) is 4.97. The summed E-state index contributed by atoms with van der Waals surface area (Å²) in [4.78, 5) is 35.8. The molecule has 0 spiro atoms. The topological polar surface area (TPSA) is 113 Å². The number of nitrogens with two attached hydrogens (primary N) is 1. The van der Waals surface area contributed by atoms with Gasteiger partial charge in [-0.15, -0.1) is 0 Å². The van der Waals surface area contributed by atoms with Crippen molar-refractivity contribution in [2.24, 2.45) is 17.1 Å². The molecule has 7 nitrogen and oxygen atoms in total. The summed E-state index contributed by atoms with van der Waals surface area (Å²) in [5.74, 6) is -1.16. The minimum atomic E-state index is -0.818. The summed E-state index contributed by atoms with van der Waals surface area (Å²) in [6.45, 7) is 1.36. The zero-order chi connectivity index (χ0) is 15.5. The highest BCUT2D eigenvalue weighted by atomic mass is 16.4. The lowest BCUT2D eigenvalue weighted by molar-refractivity contribution is -0.142. The fourth-order valence-electron chi connectivity index (χ4n) is 3.22. The number of carboxylic acid groups (broad SMARTS) is 1. The van der Waals surface area contributed by atoms with Crippen LogP contribution in [0.4, 0.5) is 4.79 Å². The number of rotatable bonds is 5. The van der Waals surface area contributed by atoms with Crippen molar-refractivity contribution >= 4 is 17.9 Å². The van der Waals surface area contributed by atoms with Gasteiger partial charge in [0.25, 0.3) is 0 Å². The highest BCUT2D eigenvalue weighted by molar-refractivity contribution is 5.80. The zero-order valence-electron chi connectivity index (χ0n) is 12.1. The van der Waals surface area contributed by atoms with E-state index in [1.165, 1.54) is 4.90 Å². The fraction of sp³-hybridized carbons (Fsp3) is 0.786. The number of hydrogen-bond donors (Lipinski definition) is 3. The summed E-state index contributed by atoms with van der Waals surface area (Å²) >= 11 is 0. The standard InChI is InChI=1S/C14H23N3O4/c15-13(21)17-6-1-3-10(8-17)12(20)16-9-14(4-2-5-14)7-11(18)19/h10H,1-9H2,(H2,15,21)(H,16,20)(H,18,19). The number of primary amides is 1. The van der Waals surface area contributed by atoms with E-state index in [1.807, 2.05) is 0 Å². The Bertz CT molecular complexity index is 434. The van der Waals surface area contributed by atoms with Crippen molar-refractivity contribution in [2.75, 3.05) is 19.6 Å². The van der Waals surface area contributed by atoms with E-state index in [9.17, 15) is 14.4 Å². The first kappa shape index (κ1) is 15.6. The number of piperidine rings is 1. The van der Waals surface area contributed by atoms with Gasteiger partial charge in [0.1, 0.15) is 0 Å². The number of likely N-dealkylation sites (tertiary alicyclic amines) is 1. The first-order valence-electron chi connectivity index (χ1n) is 7.46. The summed E-state index contributed by atoms with van der Waals surface area (Å²) in [6, 6.07) is -0.492. The molecule has 21 heavy (non-hydrogen) atoms. The quantitative estimate of drug-likeness (QED) is 0.687. The molecule has 0 bridgehead atoms. The molecule has 0 aromatic carbocycles. The Labute approximate surface area is 123 Å². The molecule has 1 aliphatic carbocycles. The fourth-order valence-corrected chi connectivity index (χ4v) is 3.22. The average Bonchev–Trinajstić information content (AvgIpc) is 2.41. The van der Waals surface area contributed by atoms with Gasteiger partial charge in [0.2, 0.25) is 5.91 Å². The van der Waals surface area contributed by atoms with Crippen LogP contribution in [-0.4, -0.2) is 47.5 Å². The molecule has 2 rings (SSSR count). The third-order valence-corrected chi connectivity index (χ3v) is 4.68. The number of nitrogens with zero attached hydrogens (tertiary/aromatic N) is 1. The molecular formula is C14H23N3O4. The van der Waals surface area contributed by atoms with Gasteiger partial charge < -0.3 is 21.1 Å². The number of carboxylic acids is 1. The van der Waals surface area contributed by atoms with E-state index in [0.29, 0.717) is 19.6 Å². The van der Waals surface area contributed by atoms with E-state index in [-0.39, 0.29) is 23.7 Å². The van der Waals surface area contributed by atoms with Crippen LogP contribution in [0, 0.1) is 11.3 Å². The summed E-state index contributed by atoms with van der Waals surface area (Å²) in [6.07, 6.45) is 4.31. The number of aliphatic carboxylic acids is 1. The maximum atomic E-state index is 12.2. The van der Waals surface area contributed by atoms with Crippen LogP contribution < -0.4 is 11.1 Å². The van der Waals surface area contributed by atoms with Crippen LogP contribution in [0.2, 0.25) is 0 Å². The predicted octanol–water partition coefficient (Wildman–Crippen LogP) is 0.538. The van der Waals surface area contributed by atoms with Gasteiger partial charge >= 0.3 is 12.0 Å². The molecule has 2 fully saturated rings. The molecule has 0 aromatic rings. The van der Waals surface area contributed by atoms with Crippen LogP contribution in [0.3, 0.4) is 0 Å². The Morgan fingerprint density at radius 3 is 2.52 bits per heavy atom. The first-order valence-corrected chi connectivity index (χ1v) is 7.46.